The highest BCUT2D eigenvalue weighted by molar-refractivity contribution is 5.75. The standard InChI is InChI=1S/C9H18O2/c1-9(10)7-5-3-4-6-8-11-2/h3-8H2,1-2H3. The number of methoxy groups -OCH3 is 1. The number of carbonyl (C=O) groups is 1. The van der Waals surface area contributed by atoms with Crippen molar-refractivity contribution in [2.75, 3.05) is 13.7 Å². The Hall–Kier alpha value is -0.370. The summed E-state index contributed by atoms with van der Waals surface area (Å²) in [6.45, 7) is 2.50. The average Bonchev–Trinajstić information content (AvgIpc) is 1.96. The van der Waals surface area contributed by atoms with E-state index < -0.39 is 0 Å². The van der Waals surface area contributed by atoms with Crippen molar-refractivity contribution in [2.24, 2.45) is 0 Å². The SMILES string of the molecule is COCCCCCCC(C)=O. The molecule has 0 saturated carbocycles. The maximum Gasteiger partial charge on any atom is 0.129 e. The molecule has 0 saturated heterocycles. The molecule has 0 rings (SSSR count). The summed E-state index contributed by atoms with van der Waals surface area (Å²) >= 11 is 0. The molecule has 0 unspecified atom stereocenters. The van der Waals surface area contributed by atoms with Gasteiger partial charge in [-0.3, -0.25) is 0 Å². The molecule has 66 valence electrons. The molecule has 0 amide bonds. The molecule has 0 heterocycles. The van der Waals surface area contributed by atoms with Crippen LogP contribution in [0.5, 0.6) is 0 Å². The fourth-order valence-electron chi connectivity index (χ4n) is 0.974. The molecule has 0 aromatic rings. The third-order valence-electron chi connectivity index (χ3n) is 1.63. The van der Waals surface area contributed by atoms with Crippen LogP contribution in [0.25, 0.3) is 0 Å². The van der Waals surface area contributed by atoms with Crippen molar-refractivity contribution in [3.05, 3.63) is 0 Å². The summed E-state index contributed by atoms with van der Waals surface area (Å²) in [6, 6.07) is 0. The molecule has 0 aliphatic rings. The molecular weight excluding hydrogens is 140 g/mol. The Labute approximate surface area is 68.9 Å². The van der Waals surface area contributed by atoms with Gasteiger partial charge in [0.25, 0.3) is 0 Å². The lowest BCUT2D eigenvalue weighted by molar-refractivity contribution is -0.117. The van der Waals surface area contributed by atoms with E-state index in [1.807, 2.05) is 0 Å². The van der Waals surface area contributed by atoms with Gasteiger partial charge in [0.1, 0.15) is 5.78 Å². The van der Waals surface area contributed by atoms with Crippen molar-refractivity contribution < 1.29 is 9.53 Å². The first-order valence-corrected chi connectivity index (χ1v) is 4.25. The molecule has 0 spiro atoms. The first-order valence-electron chi connectivity index (χ1n) is 4.25. The second-order valence-corrected chi connectivity index (χ2v) is 2.86. The molecule has 0 aromatic heterocycles. The Kier molecular flexibility index (Phi) is 7.47. The van der Waals surface area contributed by atoms with Gasteiger partial charge in [0.15, 0.2) is 0 Å². The third-order valence-corrected chi connectivity index (χ3v) is 1.63. The minimum absolute atomic E-state index is 0.303. The Morgan fingerprint density at radius 3 is 2.36 bits per heavy atom. The largest absolute Gasteiger partial charge is 0.385 e. The smallest absolute Gasteiger partial charge is 0.129 e. The van der Waals surface area contributed by atoms with Crippen molar-refractivity contribution in [1.82, 2.24) is 0 Å². The first kappa shape index (κ1) is 10.6. The van der Waals surface area contributed by atoms with E-state index in [0.29, 0.717) is 5.78 Å². The summed E-state index contributed by atoms with van der Waals surface area (Å²) in [5.74, 6) is 0.303. The van der Waals surface area contributed by atoms with E-state index in [1.165, 1.54) is 6.42 Å². The van der Waals surface area contributed by atoms with Crippen LogP contribution < -0.4 is 0 Å². The molecule has 11 heavy (non-hydrogen) atoms. The maximum atomic E-state index is 10.5. The van der Waals surface area contributed by atoms with E-state index in [9.17, 15) is 4.79 Å². The number of Topliss-reactive ketones (excluding diaryl/α,β-unsaturated/α-hetero) is 1. The number of unbranched alkanes of at least 4 members (excludes halogenated alkanes) is 3. The molecule has 0 aliphatic carbocycles. The van der Waals surface area contributed by atoms with Crippen LogP contribution in [0.3, 0.4) is 0 Å². The fraction of sp³-hybridized carbons (Fsp3) is 0.889. The molecule has 0 aliphatic heterocycles. The highest BCUT2D eigenvalue weighted by atomic mass is 16.5. The zero-order valence-electron chi connectivity index (χ0n) is 7.56. The van der Waals surface area contributed by atoms with Gasteiger partial charge in [0.05, 0.1) is 0 Å². The van der Waals surface area contributed by atoms with E-state index >= 15 is 0 Å². The van der Waals surface area contributed by atoms with Gasteiger partial charge in [-0.2, -0.15) is 0 Å². The summed E-state index contributed by atoms with van der Waals surface area (Å²) < 4.78 is 4.90. The Morgan fingerprint density at radius 1 is 1.18 bits per heavy atom. The lowest BCUT2D eigenvalue weighted by Crippen LogP contribution is -1.91. The zero-order chi connectivity index (χ0) is 8.53. The molecule has 2 heteroatoms. The molecule has 0 radical (unpaired) electrons. The zero-order valence-corrected chi connectivity index (χ0v) is 7.56. The second-order valence-electron chi connectivity index (χ2n) is 2.86. The summed E-state index contributed by atoms with van der Waals surface area (Å²) in [6.07, 6.45) is 5.24. The number of hydrogen-bond acceptors (Lipinski definition) is 2. The van der Waals surface area contributed by atoms with Gasteiger partial charge < -0.3 is 9.53 Å². The lowest BCUT2D eigenvalue weighted by atomic mass is 10.1. The van der Waals surface area contributed by atoms with E-state index in [1.54, 1.807) is 14.0 Å². The summed E-state index contributed by atoms with van der Waals surface area (Å²) in [4.78, 5) is 10.5. The van der Waals surface area contributed by atoms with Crippen LogP contribution in [0.2, 0.25) is 0 Å². The Morgan fingerprint density at radius 2 is 1.82 bits per heavy atom. The quantitative estimate of drug-likeness (QED) is 0.531. The van der Waals surface area contributed by atoms with Crippen LogP contribution in [-0.2, 0) is 9.53 Å². The van der Waals surface area contributed by atoms with Crippen molar-refractivity contribution in [1.29, 1.82) is 0 Å². The lowest BCUT2D eigenvalue weighted by Gasteiger charge is -1.98. The van der Waals surface area contributed by atoms with Crippen LogP contribution in [0.1, 0.15) is 39.0 Å². The van der Waals surface area contributed by atoms with Crippen molar-refractivity contribution in [3.63, 3.8) is 0 Å². The monoisotopic (exact) mass is 158 g/mol. The first-order chi connectivity index (χ1) is 5.27. The van der Waals surface area contributed by atoms with Gasteiger partial charge >= 0.3 is 0 Å². The molecule has 0 bridgehead atoms. The van der Waals surface area contributed by atoms with Crippen molar-refractivity contribution in [3.8, 4) is 0 Å². The number of ketones is 1. The Bertz CT molecular complexity index is 99.7. The summed E-state index contributed by atoms with van der Waals surface area (Å²) in [5.41, 5.74) is 0. The van der Waals surface area contributed by atoms with E-state index in [2.05, 4.69) is 0 Å². The number of ether oxygens (including phenoxy) is 1. The summed E-state index contributed by atoms with van der Waals surface area (Å²) in [7, 11) is 1.72. The highest BCUT2D eigenvalue weighted by Gasteiger charge is 1.93. The normalized spacial score (nSPS) is 10.0. The minimum Gasteiger partial charge on any atom is -0.385 e. The third kappa shape index (κ3) is 9.63. The van der Waals surface area contributed by atoms with Gasteiger partial charge in [0.2, 0.25) is 0 Å². The van der Waals surface area contributed by atoms with E-state index in [4.69, 9.17) is 4.74 Å². The van der Waals surface area contributed by atoms with Crippen molar-refractivity contribution in [2.45, 2.75) is 39.0 Å². The van der Waals surface area contributed by atoms with Crippen LogP contribution in [0.4, 0.5) is 0 Å². The highest BCUT2D eigenvalue weighted by Crippen LogP contribution is 2.02. The Balaban J connectivity index is 2.85. The fourth-order valence-corrected chi connectivity index (χ4v) is 0.974. The van der Waals surface area contributed by atoms with Crippen LogP contribution in [0, 0.1) is 0 Å². The molecule has 2 nitrogen and oxygen atoms in total. The van der Waals surface area contributed by atoms with Gasteiger partial charge in [-0.25, -0.2) is 0 Å². The van der Waals surface area contributed by atoms with Crippen LogP contribution in [0.15, 0.2) is 0 Å². The van der Waals surface area contributed by atoms with Gasteiger partial charge in [-0.1, -0.05) is 12.8 Å². The van der Waals surface area contributed by atoms with Crippen molar-refractivity contribution >= 4 is 5.78 Å². The topological polar surface area (TPSA) is 26.3 Å². The molecule has 0 N–H and O–H groups in total. The number of hydrogen-bond donors (Lipinski definition) is 0. The number of rotatable bonds is 7. The number of carbonyl (C=O) groups excluding carboxylic acids is 1. The molecule has 0 atom stereocenters. The van der Waals surface area contributed by atoms with Crippen LogP contribution in [-0.4, -0.2) is 19.5 Å². The average molecular weight is 158 g/mol. The maximum absolute atomic E-state index is 10.5. The van der Waals surface area contributed by atoms with E-state index in [-0.39, 0.29) is 0 Å². The minimum atomic E-state index is 0.303. The second kappa shape index (κ2) is 7.73. The summed E-state index contributed by atoms with van der Waals surface area (Å²) in [5, 5.41) is 0. The predicted molar refractivity (Wildman–Crippen MR) is 45.6 cm³/mol. The molecule has 0 aromatic carbocycles. The molecule has 0 fully saturated rings. The van der Waals surface area contributed by atoms with E-state index in [0.717, 1.165) is 32.3 Å². The van der Waals surface area contributed by atoms with Crippen LogP contribution >= 0.6 is 0 Å². The molecular formula is C9H18O2. The predicted octanol–water partition coefficient (Wildman–Crippen LogP) is 2.17. The van der Waals surface area contributed by atoms with Gasteiger partial charge in [0, 0.05) is 20.1 Å². The van der Waals surface area contributed by atoms with Gasteiger partial charge in [-0.15, -0.1) is 0 Å². The van der Waals surface area contributed by atoms with Gasteiger partial charge in [-0.05, 0) is 19.8 Å².